The van der Waals surface area contributed by atoms with E-state index in [9.17, 15) is 0 Å². The smallest absolute Gasteiger partial charge is 0.224 e. The van der Waals surface area contributed by atoms with Gasteiger partial charge in [-0.15, -0.1) is 0 Å². The normalized spacial score (nSPS) is 21.3. The maximum atomic E-state index is 4.68. The molecule has 2 rings (SSSR count). The van der Waals surface area contributed by atoms with Crippen molar-refractivity contribution in [1.82, 2.24) is 14.9 Å². The molecule has 18 heavy (non-hydrogen) atoms. The quantitative estimate of drug-likeness (QED) is 0.820. The lowest BCUT2D eigenvalue weighted by Gasteiger charge is -2.35. The van der Waals surface area contributed by atoms with Crippen molar-refractivity contribution in [1.29, 1.82) is 0 Å². The van der Waals surface area contributed by atoms with E-state index in [1.54, 1.807) is 0 Å². The van der Waals surface area contributed by atoms with Crippen LogP contribution in [0.15, 0.2) is 12.3 Å². The first-order valence-electron chi connectivity index (χ1n) is 6.82. The SMILES string of the molecule is CC(C)N1CCC[C@H](c2ccnc(N(C)C)n2)C1. The highest BCUT2D eigenvalue weighted by atomic mass is 15.2. The molecular formula is C14H24N4. The maximum absolute atomic E-state index is 4.68. The van der Waals surface area contributed by atoms with Crippen molar-refractivity contribution >= 4 is 5.95 Å². The van der Waals surface area contributed by atoms with Crippen LogP contribution in [0.3, 0.4) is 0 Å². The van der Waals surface area contributed by atoms with E-state index in [2.05, 4.69) is 34.8 Å². The van der Waals surface area contributed by atoms with E-state index in [1.807, 2.05) is 25.2 Å². The molecule has 0 saturated carbocycles. The van der Waals surface area contributed by atoms with Crippen molar-refractivity contribution in [3.63, 3.8) is 0 Å². The number of hydrogen-bond donors (Lipinski definition) is 0. The van der Waals surface area contributed by atoms with Crippen molar-refractivity contribution < 1.29 is 0 Å². The third-order valence-corrected chi connectivity index (χ3v) is 3.67. The summed E-state index contributed by atoms with van der Waals surface area (Å²) in [4.78, 5) is 13.5. The van der Waals surface area contributed by atoms with Gasteiger partial charge in [0.15, 0.2) is 0 Å². The lowest BCUT2D eigenvalue weighted by molar-refractivity contribution is 0.166. The first-order valence-corrected chi connectivity index (χ1v) is 6.82. The summed E-state index contributed by atoms with van der Waals surface area (Å²) in [7, 11) is 3.97. The Labute approximate surface area is 110 Å². The van der Waals surface area contributed by atoms with E-state index < -0.39 is 0 Å². The first-order chi connectivity index (χ1) is 8.58. The predicted molar refractivity (Wildman–Crippen MR) is 75.0 cm³/mol. The summed E-state index contributed by atoms with van der Waals surface area (Å²) in [6.07, 6.45) is 4.39. The Balaban J connectivity index is 2.13. The van der Waals surface area contributed by atoms with Crippen LogP contribution in [0.4, 0.5) is 5.95 Å². The Hall–Kier alpha value is -1.16. The van der Waals surface area contributed by atoms with E-state index >= 15 is 0 Å². The fourth-order valence-corrected chi connectivity index (χ4v) is 2.52. The van der Waals surface area contributed by atoms with Gasteiger partial charge in [-0.05, 0) is 39.3 Å². The lowest BCUT2D eigenvalue weighted by atomic mass is 9.94. The van der Waals surface area contributed by atoms with Crippen LogP contribution in [0.5, 0.6) is 0 Å². The molecular weight excluding hydrogens is 224 g/mol. The number of likely N-dealkylation sites (tertiary alicyclic amines) is 1. The molecule has 0 amide bonds. The average Bonchev–Trinajstić information content (AvgIpc) is 2.39. The van der Waals surface area contributed by atoms with Gasteiger partial charge in [0.1, 0.15) is 0 Å². The van der Waals surface area contributed by atoms with Gasteiger partial charge in [0, 0.05) is 38.8 Å². The van der Waals surface area contributed by atoms with Crippen LogP contribution >= 0.6 is 0 Å². The number of aromatic nitrogens is 2. The van der Waals surface area contributed by atoms with Gasteiger partial charge in [0.05, 0.1) is 5.69 Å². The van der Waals surface area contributed by atoms with Crippen LogP contribution in [0.1, 0.15) is 38.3 Å². The summed E-state index contributed by atoms with van der Waals surface area (Å²) in [5.41, 5.74) is 1.19. The zero-order valence-corrected chi connectivity index (χ0v) is 11.9. The molecule has 1 aliphatic rings. The van der Waals surface area contributed by atoms with E-state index in [0.29, 0.717) is 12.0 Å². The fourth-order valence-electron chi connectivity index (χ4n) is 2.52. The molecule has 0 radical (unpaired) electrons. The van der Waals surface area contributed by atoms with Crippen LogP contribution in [-0.2, 0) is 0 Å². The Morgan fingerprint density at radius 3 is 2.83 bits per heavy atom. The van der Waals surface area contributed by atoms with Crippen molar-refractivity contribution in [2.75, 3.05) is 32.1 Å². The van der Waals surface area contributed by atoms with Crippen molar-refractivity contribution in [3.8, 4) is 0 Å². The summed E-state index contributed by atoms with van der Waals surface area (Å²) in [5.74, 6) is 1.37. The molecule has 4 nitrogen and oxygen atoms in total. The highest BCUT2D eigenvalue weighted by molar-refractivity contribution is 5.28. The number of piperidine rings is 1. The number of anilines is 1. The van der Waals surface area contributed by atoms with Crippen molar-refractivity contribution in [3.05, 3.63) is 18.0 Å². The molecule has 0 bridgehead atoms. The summed E-state index contributed by atoms with van der Waals surface area (Å²) >= 11 is 0. The molecule has 2 heterocycles. The summed E-state index contributed by atoms with van der Waals surface area (Å²) < 4.78 is 0. The van der Waals surface area contributed by atoms with Crippen LogP contribution in [0.25, 0.3) is 0 Å². The van der Waals surface area contributed by atoms with Gasteiger partial charge in [0.25, 0.3) is 0 Å². The van der Waals surface area contributed by atoms with Gasteiger partial charge in [-0.3, -0.25) is 0 Å². The minimum absolute atomic E-state index is 0.558. The Bertz CT molecular complexity index is 389. The van der Waals surface area contributed by atoms with E-state index in [4.69, 9.17) is 0 Å². The van der Waals surface area contributed by atoms with Gasteiger partial charge in [0.2, 0.25) is 5.95 Å². The highest BCUT2D eigenvalue weighted by Crippen LogP contribution is 2.27. The fraction of sp³-hybridized carbons (Fsp3) is 0.714. The van der Waals surface area contributed by atoms with E-state index in [1.165, 1.54) is 25.1 Å². The van der Waals surface area contributed by atoms with Crippen molar-refractivity contribution in [2.24, 2.45) is 0 Å². The molecule has 4 heteroatoms. The Morgan fingerprint density at radius 1 is 1.39 bits per heavy atom. The van der Waals surface area contributed by atoms with Gasteiger partial charge >= 0.3 is 0 Å². The molecule has 0 N–H and O–H groups in total. The molecule has 1 aromatic heterocycles. The van der Waals surface area contributed by atoms with Gasteiger partial charge in [-0.1, -0.05) is 0 Å². The number of nitrogens with zero attached hydrogens (tertiary/aromatic N) is 4. The molecule has 1 fully saturated rings. The third kappa shape index (κ3) is 2.99. The zero-order valence-electron chi connectivity index (χ0n) is 11.9. The monoisotopic (exact) mass is 248 g/mol. The molecule has 0 unspecified atom stereocenters. The summed E-state index contributed by atoms with van der Waals surface area (Å²) in [6, 6.07) is 2.70. The molecule has 0 spiro atoms. The number of rotatable bonds is 3. The summed E-state index contributed by atoms with van der Waals surface area (Å²) in [6.45, 7) is 6.89. The molecule has 0 aromatic carbocycles. The van der Waals surface area contributed by atoms with E-state index in [0.717, 1.165) is 12.5 Å². The molecule has 1 aliphatic heterocycles. The minimum atomic E-state index is 0.558. The maximum Gasteiger partial charge on any atom is 0.224 e. The average molecular weight is 248 g/mol. The van der Waals surface area contributed by atoms with Crippen LogP contribution in [0, 0.1) is 0 Å². The number of hydrogen-bond acceptors (Lipinski definition) is 4. The second kappa shape index (κ2) is 5.65. The van der Waals surface area contributed by atoms with Crippen LogP contribution < -0.4 is 4.90 Å². The van der Waals surface area contributed by atoms with Gasteiger partial charge < -0.3 is 9.80 Å². The minimum Gasteiger partial charge on any atom is -0.347 e. The molecule has 100 valence electrons. The Kier molecular flexibility index (Phi) is 4.17. The molecule has 1 atom stereocenters. The van der Waals surface area contributed by atoms with Crippen molar-refractivity contribution in [2.45, 2.75) is 38.6 Å². The lowest BCUT2D eigenvalue weighted by Crippen LogP contribution is -2.39. The predicted octanol–water partition coefficient (Wildman–Crippen LogP) is 2.13. The Morgan fingerprint density at radius 2 is 2.17 bits per heavy atom. The van der Waals surface area contributed by atoms with Crippen LogP contribution in [0.2, 0.25) is 0 Å². The standard InChI is InChI=1S/C14H24N4/c1-11(2)18-9-5-6-12(10-18)13-7-8-15-14(16-13)17(3)4/h7-8,11-12H,5-6,9-10H2,1-4H3/t12-/m0/s1. The van der Waals surface area contributed by atoms with Crippen LogP contribution in [-0.4, -0.2) is 48.1 Å². The van der Waals surface area contributed by atoms with Gasteiger partial charge in [-0.2, -0.15) is 0 Å². The van der Waals surface area contributed by atoms with Gasteiger partial charge in [-0.25, -0.2) is 9.97 Å². The topological polar surface area (TPSA) is 32.3 Å². The second-order valence-electron chi connectivity index (χ2n) is 5.60. The van der Waals surface area contributed by atoms with E-state index in [-0.39, 0.29) is 0 Å². The second-order valence-corrected chi connectivity index (χ2v) is 5.60. The highest BCUT2D eigenvalue weighted by Gasteiger charge is 2.24. The molecule has 1 saturated heterocycles. The first kappa shape index (κ1) is 13.3. The summed E-state index contributed by atoms with van der Waals surface area (Å²) in [5, 5.41) is 0. The molecule has 0 aliphatic carbocycles. The third-order valence-electron chi connectivity index (χ3n) is 3.67. The zero-order chi connectivity index (χ0) is 13.1. The largest absolute Gasteiger partial charge is 0.347 e. The molecule has 1 aromatic rings.